The zero-order valence-electron chi connectivity index (χ0n) is 36.1. The molecule has 0 radical (unpaired) electrons. The number of alkyl halides is 3. The summed E-state index contributed by atoms with van der Waals surface area (Å²) in [6.45, 7) is 2.33. The zero-order valence-corrected chi connectivity index (χ0v) is 39.9. The van der Waals surface area contributed by atoms with Gasteiger partial charge in [0.25, 0.3) is 23.6 Å². The SMILES string of the molecule is COc1cc(NC(=O)c2cc(N=NC(C(C)=O)C(=O)Nc3ccc(NC(=O)C(N=Nc4ccc(Cl)c(C(=O)Nc5ccc(CCl)c(OC)c5)c4)C(C)=O)c(CCCl)c3)ccc2Cl)ccc1CCl. The van der Waals surface area contributed by atoms with Crippen LogP contribution in [-0.4, -0.2) is 67.4 Å². The van der Waals surface area contributed by atoms with E-state index in [-0.39, 0.29) is 68.0 Å². The van der Waals surface area contributed by atoms with Crippen molar-refractivity contribution in [2.75, 3.05) is 41.4 Å². The predicted octanol–water partition coefficient (Wildman–Crippen LogP) is 11.1. The number of benzene rings is 5. The average molecular weight is 1010 g/mol. The van der Waals surface area contributed by atoms with Crippen LogP contribution in [0, 0.1) is 0 Å². The molecule has 5 aromatic rings. The number of azo groups is 2. The lowest BCUT2D eigenvalue weighted by Gasteiger charge is -2.15. The van der Waals surface area contributed by atoms with Crippen molar-refractivity contribution in [2.24, 2.45) is 20.5 Å². The highest BCUT2D eigenvalue weighted by molar-refractivity contribution is 6.35. The van der Waals surface area contributed by atoms with Crippen LogP contribution in [-0.2, 0) is 37.4 Å². The molecule has 0 aliphatic rings. The van der Waals surface area contributed by atoms with E-state index in [1.807, 2.05) is 0 Å². The second-order valence-electron chi connectivity index (χ2n) is 14.3. The molecule has 0 aliphatic carbocycles. The van der Waals surface area contributed by atoms with Crippen LogP contribution in [0.3, 0.4) is 0 Å². The first-order valence-corrected chi connectivity index (χ1v) is 22.3. The summed E-state index contributed by atoms with van der Waals surface area (Å²) in [7, 11) is 2.96. The summed E-state index contributed by atoms with van der Waals surface area (Å²) in [4.78, 5) is 78.6. The number of methoxy groups -OCH3 is 2. The number of halogens is 5. The summed E-state index contributed by atoms with van der Waals surface area (Å²) in [6.07, 6.45) is 0.209. The molecule has 348 valence electrons. The second-order valence-corrected chi connectivity index (χ2v) is 16.0. The number of amides is 4. The second kappa shape index (κ2) is 24.4. The molecule has 0 heterocycles. The lowest BCUT2D eigenvalue weighted by Crippen LogP contribution is -2.32. The fourth-order valence-corrected chi connectivity index (χ4v) is 7.21. The van der Waals surface area contributed by atoms with Gasteiger partial charge < -0.3 is 30.7 Å². The van der Waals surface area contributed by atoms with E-state index in [9.17, 15) is 28.8 Å². The van der Waals surface area contributed by atoms with Gasteiger partial charge in [-0.1, -0.05) is 35.3 Å². The van der Waals surface area contributed by atoms with Crippen LogP contribution in [0.4, 0.5) is 34.1 Å². The number of carbonyl (C=O) groups excluding carboxylic acids is 6. The number of anilines is 4. The smallest absolute Gasteiger partial charge is 0.258 e. The van der Waals surface area contributed by atoms with Crippen molar-refractivity contribution < 1.29 is 38.2 Å². The number of ketones is 2. The van der Waals surface area contributed by atoms with Crippen molar-refractivity contribution in [1.82, 2.24) is 0 Å². The van der Waals surface area contributed by atoms with E-state index in [4.69, 9.17) is 67.5 Å². The number of nitrogens with zero attached hydrogens (tertiary/aromatic N) is 4. The van der Waals surface area contributed by atoms with Crippen LogP contribution in [0.5, 0.6) is 11.5 Å². The Morgan fingerprint density at radius 2 is 0.970 bits per heavy atom. The molecule has 21 heteroatoms. The van der Waals surface area contributed by atoms with Gasteiger partial charge >= 0.3 is 0 Å². The number of aryl methyl sites for hydroxylation is 1. The molecule has 16 nitrogen and oxygen atoms in total. The molecular weight excluding hydrogens is 970 g/mol. The molecule has 4 N–H and O–H groups in total. The lowest BCUT2D eigenvalue weighted by atomic mass is 10.1. The highest BCUT2D eigenvalue weighted by atomic mass is 35.5. The van der Waals surface area contributed by atoms with Crippen molar-refractivity contribution in [1.29, 1.82) is 0 Å². The molecule has 0 spiro atoms. The van der Waals surface area contributed by atoms with E-state index in [2.05, 4.69) is 41.7 Å². The summed E-state index contributed by atoms with van der Waals surface area (Å²) < 4.78 is 10.7. The van der Waals surface area contributed by atoms with Crippen LogP contribution < -0.4 is 30.7 Å². The first-order valence-electron chi connectivity index (χ1n) is 19.9. The Morgan fingerprint density at radius 1 is 0.537 bits per heavy atom. The highest BCUT2D eigenvalue weighted by Gasteiger charge is 2.26. The van der Waals surface area contributed by atoms with Crippen molar-refractivity contribution in [3.63, 3.8) is 0 Å². The minimum absolute atomic E-state index is 0.0447. The Labute approximate surface area is 409 Å². The van der Waals surface area contributed by atoms with Crippen LogP contribution in [0.25, 0.3) is 0 Å². The minimum Gasteiger partial charge on any atom is -0.496 e. The average Bonchev–Trinajstić information content (AvgIpc) is 3.30. The van der Waals surface area contributed by atoms with Gasteiger partial charge in [0.1, 0.15) is 11.5 Å². The standard InChI is InChI=1S/C46H41Cl5N8O8/c1-24(60)41(58-56-32-9-12-36(50)34(18-32)43(62)52-30-7-5-27(22-48)39(20-30)66-3)45(64)54-29-11-14-38(26(17-29)15-16-47)55-46(65)42(25(2)61)59-57-33-10-13-37(51)35(19-33)44(63)53-31-8-6-28(23-49)40(21-31)67-4/h5-14,17-21,41-42H,15-16,22-23H2,1-4H3,(H,52,62)(H,53,63)(H,54,64)(H,55,65). The number of rotatable bonds is 20. The molecule has 2 unspecified atom stereocenters. The first kappa shape index (κ1) is 51.6. The minimum atomic E-state index is -1.60. The van der Waals surface area contributed by atoms with Crippen LogP contribution in [0.1, 0.15) is 51.3 Å². The van der Waals surface area contributed by atoms with E-state index in [0.717, 1.165) is 11.1 Å². The Bertz CT molecular complexity index is 2770. The quantitative estimate of drug-likeness (QED) is 0.0333. The predicted molar refractivity (Wildman–Crippen MR) is 260 cm³/mol. The first-order chi connectivity index (χ1) is 32.1. The van der Waals surface area contributed by atoms with Gasteiger partial charge in [0.2, 0.25) is 12.1 Å². The fourth-order valence-electron chi connectivity index (χ4n) is 6.16. The number of carbonyl (C=O) groups is 6. The van der Waals surface area contributed by atoms with Crippen molar-refractivity contribution in [3.05, 3.63) is 129 Å². The Morgan fingerprint density at radius 3 is 1.39 bits per heavy atom. The summed E-state index contributed by atoms with van der Waals surface area (Å²) >= 11 is 30.7. The molecule has 0 fully saturated rings. The van der Waals surface area contributed by atoms with E-state index in [1.54, 1.807) is 36.4 Å². The third-order valence-corrected chi connectivity index (χ3v) is 11.0. The van der Waals surface area contributed by atoms with E-state index in [0.29, 0.717) is 28.4 Å². The third kappa shape index (κ3) is 13.8. The van der Waals surface area contributed by atoms with E-state index < -0.39 is 47.3 Å². The summed E-state index contributed by atoms with van der Waals surface area (Å²) in [5.41, 5.74) is 3.59. The van der Waals surface area contributed by atoms with Gasteiger partial charge in [-0.2, -0.15) is 20.5 Å². The number of hydrogen-bond acceptors (Lipinski definition) is 12. The van der Waals surface area contributed by atoms with Gasteiger partial charge in [0, 0.05) is 51.9 Å². The van der Waals surface area contributed by atoms with Crippen LogP contribution in [0.15, 0.2) is 111 Å². The van der Waals surface area contributed by atoms with Crippen molar-refractivity contribution in [2.45, 2.75) is 44.1 Å². The molecule has 0 bridgehead atoms. The molecule has 2 atom stereocenters. The van der Waals surface area contributed by atoms with Crippen LogP contribution >= 0.6 is 58.0 Å². The molecule has 0 aromatic heterocycles. The van der Waals surface area contributed by atoms with Gasteiger partial charge in [0.05, 0.1) is 58.5 Å². The normalized spacial score (nSPS) is 12.0. The number of Topliss-reactive ketones (excluding diaryl/α,β-unsaturated/α-hetero) is 2. The zero-order chi connectivity index (χ0) is 48.8. The van der Waals surface area contributed by atoms with Gasteiger partial charge in [-0.3, -0.25) is 28.8 Å². The Hall–Kier alpha value is -6.43. The maximum absolute atomic E-state index is 13.5. The number of hydrogen-bond donors (Lipinski definition) is 4. The maximum atomic E-state index is 13.5. The van der Waals surface area contributed by atoms with Crippen molar-refractivity contribution >= 4 is 127 Å². The molecular formula is C46H41Cl5N8O8. The van der Waals surface area contributed by atoms with Crippen LogP contribution in [0.2, 0.25) is 10.0 Å². The number of ether oxygens (including phenoxy) is 2. The summed E-state index contributed by atoms with van der Waals surface area (Å²) in [6, 6.07) is 19.7. The Kier molecular flexibility index (Phi) is 18.8. The molecule has 5 aromatic carbocycles. The third-order valence-electron chi connectivity index (χ3n) is 9.61. The van der Waals surface area contributed by atoms with E-state index >= 15 is 0 Å². The molecule has 4 amide bonds. The summed E-state index contributed by atoms with van der Waals surface area (Å²) in [5.74, 6) is -2.57. The van der Waals surface area contributed by atoms with E-state index in [1.165, 1.54) is 82.7 Å². The van der Waals surface area contributed by atoms with Crippen molar-refractivity contribution in [3.8, 4) is 11.5 Å². The topological polar surface area (TPSA) is 218 Å². The molecule has 0 saturated carbocycles. The summed E-state index contributed by atoms with van der Waals surface area (Å²) in [5, 5.41) is 27.1. The van der Waals surface area contributed by atoms with Gasteiger partial charge in [0.15, 0.2) is 11.6 Å². The maximum Gasteiger partial charge on any atom is 0.258 e. The van der Waals surface area contributed by atoms with Gasteiger partial charge in [-0.05, 0) is 92.6 Å². The lowest BCUT2D eigenvalue weighted by molar-refractivity contribution is -0.127. The number of nitrogens with one attached hydrogen (secondary N) is 4. The molecule has 67 heavy (non-hydrogen) atoms. The Balaban J connectivity index is 1.27. The largest absolute Gasteiger partial charge is 0.496 e. The van der Waals surface area contributed by atoms with Gasteiger partial charge in [-0.25, -0.2) is 0 Å². The monoisotopic (exact) mass is 1010 g/mol. The molecule has 0 saturated heterocycles. The molecule has 5 rings (SSSR count). The highest BCUT2D eigenvalue weighted by Crippen LogP contribution is 2.30. The molecule has 0 aliphatic heterocycles. The van der Waals surface area contributed by atoms with Gasteiger partial charge in [-0.15, -0.1) is 34.8 Å². The fraction of sp³-hybridized carbons (Fsp3) is 0.217.